The van der Waals surface area contributed by atoms with Crippen LogP contribution >= 0.6 is 11.3 Å². The lowest BCUT2D eigenvalue weighted by molar-refractivity contribution is -0.148. The number of hydrogen-bond donors (Lipinski definition) is 1. The van der Waals surface area contributed by atoms with Gasteiger partial charge in [0.1, 0.15) is 0 Å². The highest BCUT2D eigenvalue weighted by Crippen LogP contribution is 2.19. The van der Waals surface area contributed by atoms with Crippen LogP contribution in [0.15, 0.2) is 29.6 Å². The SMILES string of the molecule is Cc1ccc(C(CC(=O)OC(C)C)NC(=O)Cc2csc(C)n2)cc1. The van der Waals surface area contributed by atoms with Gasteiger partial charge in [-0.15, -0.1) is 11.3 Å². The summed E-state index contributed by atoms with van der Waals surface area (Å²) in [6, 6.07) is 7.36. The molecule has 0 radical (unpaired) electrons. The van der Waals surface area contributed by atoms with E-state index in [-0.39, 0.29) is 30.8 Å². The topological polar surface area (TPSA) is 68.3 Å². The van der Waals surface area contributed by atoms with E-state index in [0.29, 0.717) is 0 Å². The Morgan fingerprint density at radius 2 is 1.88 bits per heavy atom. The molecule has 0 aliphatic heterocycles. The highest BCUT2D eigenvalue weighted by atomic mass is 32.1. The molecular formula is C19H24N2O3S. The minimum atomic E-state index is -0.418. The Morgan fingerprint density at radius 3 is 2.44 bits per heavy atom. The second-order valence-electron chi connectivity index (χ2n) is 6.31. The average Bonchev–Trinajstić information content (AvgIpc) is 2.91. The summed E-state index contributed by atoms with van der Waals surface area (Å²) >= 11 is 1.52. The minimum Gasteiger partial charge on any atom is -0.463 e. The number of carbonyl (C=O) groups is 2. The van der Waals surface area contributed by atoms with Crippen molar-refractivity contribution < 1.29 is 14.3 Å². The normalized spacial score (nSPS) is 12.0. The zero-order valence-corrected chi connectivity index (χ0v) is 15.9. The number of nitrogens with zero attached hydrogens (tertiary/aromatic N) is 1. The predicted octanol–water partition coefficient (Wildman–Crippen LogP) is 3.50. The largest absolute Gasteiger partial charge is 0.463 e. The molecule has 0 saturated carbocycles. The number of rotatable bonds is 7. The number of aryl methyl sites for hydroxylation is 2. The van der Waals surface area contributed by atoms with E-state index < -0.39 is 6.04 Å². The number of nitrogens with one attached hydrogen (secondary N) is 1. The highest BCUT2D eigenvalue weighted by Gasteiger charge is 2.20. The van der Waals surface area contributed by atoms with Crippen LogP contribution in [-0.2, 0) is 20.7 Å². The van der Waals surface area contributed by atoms with E-state index >= 15 is 0 Å². The van der Waals surface area contributed by atoms with Crippen molar-refractivity contribution in [2.24, 2.45) is 0 Å². The second-order valence-corrected chi connectivity index (χ2v) is 7.37. The number of benzene rings is 1. The van der Waals surface area contributed by atoms with Gasteiger partial charge in [-0.3, -0.25) is 9.59 Å². The first-order chi connectivity index (χ1) is 11.8. The molecule has 2 aromatic rings. The maximum Gasteiger partial charge on any atom is 0.308 e. The summed E-state index contributed by atoms with van der Waals surface area (Å²) in [5.74, 6) is -0.487. The van der Waals surface area contributed by atoms with Crippen molar-refractivity contribution in [1.82, 2.24) is 10.3 Å². The zero-order valence-electron chi connectivity index (χ0n) is 15.0. The standard InChI is InChI=1S/C19H24N2O3S/c1-12(2)24-19(23)10-17(15-7-5-13(3)6-8-15)21-18(22)9-16-11-25-14(4)20-16/h5-8,11-12,17H,9-10H2,1-4H3,(H,21,22). The summed E-state index contributed by atoms with van der Waals surface area (Å²) in [6.07, 6.45) is 0.120. The molecule has 0 bridgehead atoms. The third-order valence-electron chi connectivity index (χ3n) is 3.56. The maximum absolute atomic E-state index is 12.4. The van der Waals surface area contributed by atoms with Gasteiger partial charge in [-0.2, -0.15) is 0 Å². The van der Waals surface area contributed by atoms with E-state index in [4.69, 9.17) is 4.74 Å². The Kier molecular flexibility index (Phi) is 6.70. The molecule has 1 amide bonds. The van der Waals surface area contributed by atoms with Crippen LogP contribution in [0.3, 0.4) is 0 Å². The molecule has 25 heavy (non-hydrogen) atoms. The third-order valence-corrected chi connectivity index (χ3v) is 4.38. The summed E-state index contributed by atoms with van der Waals surface area (Å²) in [4.78, 5) is 28.7. The van der Waals surface area contributed by atoms with Crippen LogP contribution in [0.4, 0.5) is 0 Å². The molecule has 134 valence electrons. The third kappa shape index (κ3) is 6.31. The number of ether oxygens (including phenoxy) is 1. The molecule has 0 aliphatic carbocycles. The van der Waals surface area contributed by atoms with Gasteiger partial charge in [0.2, 0.25) is 5.91 Å². The van der Waals surface area contributed by atoms with Crippen molar-refractivity contribution in [2.75, 3.05) is 0 Å². The van der Waals surface area contributed by atoms with Crippen molar-refractivity contribution in [3.8, 4) is 0 Å². The Labute approximate surface area is 152 Å². The molecule has 1 atom stereocenters. The summed E-state index contributed by atoms with van der Waals surface area (Å²) in [7, 11) is 0. The lowest BCUT2D eigenvalue weighted by atomic mass is 10.0. The molecule has 1 aromatic heterocycles. The molecule has 2 rings (SSSR count). The number of hydrogen-bond acceptors (Lipinski definition) is 5. The van der Waals surface area contributed by atoms with Gasteiger partial charge in [0.25, 0.3) is 0 Å². The monoisotopic (exact) mass is 360 g/mol. The Hall–Kier alpha value is -2.21. The van der Waals surface area contributed by atoms with Gasteiger partial charge in [-0.25, -0.2) is 4.98 Å². The van der Waals surface area contributed by atoms with Crippen LogP contribution in [0.1, 0.15) is 48.1 Å². The summed E-state index contributed by atoms with van der Waals surface area (Å²) in [6.45, 7) is 7.52. The van der Waals surface area contributed by atoms with Crippen molar-refractivity contribution in [3.63, 3.8) is 0 Å². The van der Waals surface area contributed by atoms with Crippen molar-refractivity contribution in [3.05, 3.63) is 51.5 Å². The quantitative estimate of drug-likeness (QED) is 0.767. The number of aromatic nitrogens is 1. The highest BCUT2D eigenvalue weighted by molar-refractivity contribution is 7.09. The van der Waals surface area contributed by atoms with Crippen LogP contribution in [0, 0.1) is 13.8 Å². The van der Waals surface area contributed by atoms with Crippen LogP contribution in [0.5, 0.6) is 0 Å². The average molecular weight is 360 g/mol. The zero-order chi connectivity index (χ0) is 18.4. The molecular weight excluding hydrogens is 336 g/mol. The molecule has 0 fully saturated rings. The first kappa shape index (κ1) is 19.1. The molecule has 0 spiro atoms. The van der Waals surface area contributed by atoms with Crippen molar-refractivity contribution in [1.29, 1.82) is 0 Å². The summed E-state index contributed by atoms with van der Waals surface area (Å²) < 4.78 is 5.23. The smallest absolute Gasteiger partial charge is 0.308 e. The van der Waals surface area contributed by atoms with Gasteiger partial charge in [0.15, 0.2) is 0 Å². The Bertz CT molecular complexity index is 723. The summed E-state index contributed by atoms with van der Waals surface area (Å²) in [5.41, 5.74) is 2.75. The molecule has 0 aliphatic rings. The fourth-order valence-corrected chi connectivity index (χ4v) is 3.04. The van der Waals surface area contributed by atoms with Crippen molar-refractivity contribution in [2.45, 2.75) is 52.7 Å². The molecule has 1 N–H and O–H groups in total. The van der Waals surface area contributed by atoms with Crippen LogP contribution in [0.25, 0.3) is 0 Å². The number of esters is 1. The van der Waals surface area contributed by atoms with E-state index in [1.54, 1.807) is 0 Å². The second kappa shape index (κ2) is 8.76. The van der Waals surface area contributed by atoms with E-state index in [1.807, 2.05) is 57.3 Å². The number of thiazole rings is 1. The molecule has 0 saturated heterocycles. The fraction of sp³-hybridized carbons (Fsp3) is 0.421. The fourth-order valence-electron chi connectivity index (χ4n) is 2.43. The first-order valence-corrected chi connectivity index (χ1v) is 9.18. The maximum atomic E-state index is 12.4. The van der Waals surface area contributed by atoms with Crippen LogP contribution < -0.4 is 5.32 Å². The van der Waals surface area contributed by atoms with Crippen molar-refractivity contribution >= 4 is 23.2 Å². The lowest BCUT2D eigenvalue weighted by Gasteiger charge is -2.19. The van der Waals surface area contributed by atoms with Gasteiger partial charge in [0.05, 0.1) is 35.7 Å². The van der Waals surface area contributed by atoms with Gasteiger partial charge < -0.3 is 10.1 Å². The molecule has 5 nitrogen and oxygen atoms in total. The minimum absolute atomic E-state index is 0.100. The Balaban J connectivity index is 2.08. The van der Waals surface area contributed by atoms with Gasteiger partial charge in [-0.05, 0) is 33.3 Å². The molecule has 1 heterocycles. The summed E-state index contributed by atoms with van der Waals surface area (Å²) in [5, 5.41) is 5.75. The van der Waals surface area contributed by atoms with E-state index in [9.17, 15) is 9.59 Å². The number of amides is 1. The van der Waals surface area contributed by atoms with Crippen LogP contribution in [-0.4, -0.2) is 23.0 Å². The van der Waals surface area contributed by atoms with E-state index in [2.05, 4.69) is 10.3 Å². The van der Waals surface area contributed by atoms with E-state index in [0.717, 1.165) is 21.8 Å². The van der Waals surface area contributed by atoms with Gasteiger partial charge in [0, 0.05) is 5.38 Å². The molecule has 1 unspecified atom stereocenters. The number of carbonyl (C=O) groups excluding carboxylic acids is 2. The van der Waals surface area contributed by atoms with Crippen LogP contribution in [0.2, 0.25) is 0 Å². The first-order valence-electron chi connectivity index (χ1n) is 8.30. The van der Waals surface area contributed by atoms with E-state index in [1.165, 1.54) is 11.3 Å². The lowest BCUT2D eigenvalue weighted by Crippen LogP contribution is -2.32. The molecule has 1 aromatic carbocycles. The van der Waals surface area contributed by atoms with Gasteiger partial charge in [-0.1, -0.05) is 29.8 Å². The predicted molar refractivity (Wildman–Crippen MR) is 98.5 cm³/mol. The Morgan fingerprint density at radius 1 is 1.20 bits per heavy atom. The van der Waals surface area contributed by atoms with Gasteiger partial charge >= 0.3 is 5.97 Å². The molecule has 6 heteroatoms.